The van der Waals surface area contributed by atoms with Crippen molar-refractivity contribution in [2.75, 3.05) is 25.0 Å². The molecule has 2 amide bonds. The van der Waals surface area contributed by atoms with Gasteiger partial charge in [0, 0.05) is 24.8 Å². The molecule has 1 saturated heterocycles. The maximum atomic E-state index is 12.4. The fourth-order valence-electron chi connectivity index (χ4n) is 3.82. The van der Waals surface area contributed by atoms with Crippen LogP contribution in [-0.2, 0) is 6.54 Å². The van der Waals surface area contributed by atoms with E-state index in [1.165, 1.54) is 24.8 Å². The molecule has 2 N–H and O–H groups in total. The number of nitrogens with one attached hydrogen (secondary N) is 2. The molecule has 1 fully saturated rings. The Bertz CT molecular complexity index is 755. The third-order valence-corrected chi connectivity index (χ3v) is 5.71. The number of rotatable bonds is 7. The van der Waals surface area contributed by atoms with Gasteiger partial charge in [-0.3, -0.25) is 9.58 Å². The summed E-state index contributed by atoms with van der Waals surface area (Å²) in [5, 5.41) is 10.3. The largest absolute Gasteiger partial charge is 0.336 e. The summed E-state index contributed by atoms with van der Waals surface area (Å²) in [5.74, 6) is 0.775. The van der Waals surface area contributed by atoms with Crippen molar-refractivity contribution in [3.05, 3.63) is 48.3 Å². The van der Waals surface area contributed by atoms with E-state index in [1.54, 1.807) is 6.20 Å². The molecule has 0 bridgehead atoms. The number of piperidine rings is 1. The van der Waals surface area contributed by atoms with Gasteiger partial charge < -0.3 is 10.6 Å². The van der Waals surface area contributed by atoms with Crippen LogP contribution in [0.5, 0.6) is 0 Å². The Morgan fingerprint density at radius 3 is 2.82 bits per heavy atom. The molecule has 1 atom stereocenters. The van der Waals surface area contributed by atoms with Gasteiger partial charge in [-0.1, -0.05) is 43.7 Å². The van der Waals surface area contributed by atoms with Crippen molar-refractivity contribution in [3.8, 4) is 0 Å². The lowest BCUT2D eigenvalue weighted by Gasteiger charge is -2.43. The van der Waals surface area contributed by atoms with Crippen LogP contribution >= 0.6 is 0 Å². The monoisotopic (exact) mass is 383 g/mol. The molecule has 2 heterocycles. The molecule has 152 valence electrons. The Labute approximate surface area is 168 Å². The van der Waals surface area contributed by atoms with E-state index in [1.807, 2.05) is 29.1 Å². The van der Waals surface area contributed by atoms with Gasteiger partial charge in [0.2, 0.25) is 0 Å². The van der Waals surface area contributed by atoms with Crippen LogP contribution in [0.15, 0.2) is 42.7 Å². The number of amides is 2. The van der Waals surface area contributed by atoms with Crippen molar-refractivity contribution in [3.63, 3.8) is 0 Å². The SMILES string of the molecule is CC[C@H]1CCCN(C(C)(C)CNC(=O)Nc2cnn(Cc3ccccc3)c2)C1. The molecule has 0 radical (unpaired) electrons. The first-order valence-electron chi connectivity index (χ1n) is 10.3. The average Bonchev–Trinajstić information content (AvgIpc) is 3.14. The van der Waals surface area contributed by atoms with Gasteiger partial charge in [0.15, 0.2) is 0 Å². The number of carbonyl (C=O) groups excluding carboxylic acids is 1. The summed E-state index contributed by atoms with van der Waals surface area (Å²) in [4.78, 5) is 14.9. The van der Waals surface area contributed by atoms with E-state index >= 15 is 0 Å². The van der Waals surface area contributed by atoms with Gasteiger partial charge in [0.25, 0.3) is 0 Å². The minimum atomic E-state index is -0.184. The molecule has 0 unspecified atom stereocenters. The molecule has 0 aliphatic carbocycles. The number of carbonyl (C=O) groups is 1. The molecular formula is C22H33N5O. The minimum absolute atomic E-state index is 0.0529. The molecule has 1 aromatic carbocycles. The fourth-order valence-corrected chi connectivity index (χ4v) is 3.82. The summed E-state index contributed by atoms with van der Waals surface area (Å²) < 4.78 is 1.83. The lowest BCUT2D eigenvalue weighted by Crippen LogP contribution is -2.55. The number of aromatic nitrogens is 2. The third kappa shape index (κ3) is 5.58. The van der Waals surface area contributed by atoms with Gasteiger partial charge in [-0.2, -0.15) is 5.10 Å². The van der Waals surface area contributed by atoms with Gasteiger partial charge >= 0.3 is 6.03 Å². The van der Waals surface area contributed by atoms with Gasteiger partial charge in [0.1, 0.15) is 0 Å². The number of hydrogen-bond acceptors (Lipinski definition) is 3. The number of anilines is 1. The van der Waals surface area contributed by atoms with Crippen molar-refractivity contribution < 1.29 is 4.79 Å². The molecule has 6 heteroatoms. The quantitative estimate of drug-likeness (QED) is 0.761. The number of urea groups is 1. The lowest BCUT2D eigenvalue weighted by atomic mass is 9.91. The topological polar surface area (TPSA) is 62.2 Å². The second-order valence-electron chi connectivity index (χ2n) is 8.39. The lowest BCUT2D eigenvalue weighted by molar-refractivity contribution is 0.0669. The van der Waals surface area contributed by atoms with Crippen LogP contribution in [0.2, 0.25) is 0 Å². The van der Waals surface area contributed by atoms with E-state index in [-0.39, 0.29) is 11.6 Å². The van der Waals surface area contributed by atoms with Crippen LogP contribution in [-0.4, -0.2) is 45.9 Å². The van der Waals surface area contributed by atoms with E-state index in [4.69, 9.17) is 0 Å². The molecule has 1 aromatic heterocycles. The van der Waals surface area contributed by atoms with Crippen molar-refractivity contribution >= 4 is 11.7 Å². The van der Waals surface area contributed by atoms with Crippen LogP contribution in [0.3, 0.4) is 0 Å². The van der Waals surface area contributed by atoms with E-state index in [0.717, 1.165) is 19.0 Å². The number of nitrogens with zero attached hydrogens (tertiary/aromatic N) is 3. The summed E-state index contributed by atoms with van der Waals surface area (Å²) in [6, 6.07) is 9.96. The predicted octanol–water partition coefficient (Wildman–Crippen LogP) is 3.95. The number of benzene rings is 1. The van der Waals surface area contributed by atoms with Crippen LogP contribution in [0.1, 0.15) is 45.6 Å². The molecule has 6 nitrogen and oxygen atoms in total. The predicted molar refractivity (Wildman–Crippen MR) is 113 cm³/mol. The fraction of sp³-hybridized carbons (Fsp3) is 0.545. The zero-order valence-corrected chi connectivity index (χ0v) is 17.3. The van der Waals surface area contributed by atoms with Gasteiger partial charge in [-0.25, -0.2) is 4.79 Å². The summed E-state index contributed by atoms with van der Waals surface area (Å²) in [7, 11) is 0. The molecule has 3 rings (SSSR count). The highest BCUT2D eigenvalue weighted by atomic mass is 16.2. The molecule has 28 heavy (non-hydrogen) atoms. The molecule has 1 aliphatic heterocycles. The highest BCUT2D eigenvalue weighted by Crippen LogP contribution is 2.25. The number of hydrogen-bond donors (Lipinski definition) is 2. The van der Waals surface area contributed by atoms with E-state index < -0.39 is 0 Å². The zero-order chi connectivity index (χ0) is 20.0. The summed E-state index contributed by atoms with van der Waals surface area (Å²) in [6.45, 7) is 10.2. The van der Waals surface area contributed by atoms with Gasteiger partial charge in [0.05, 0.1) is 18.4 Å². The number of likely N-dealkylation sites (tertiary alicyclic amines) is 1. The highest BCUT2D eigenvalue weighted by Gasteiger charge is 2.31. The summed E-state index contributed by atoms with van der Waals surface area (Å²) in [6.07, 6.45) is 7.34. The van der Waals surface area contributed by atoms with Crippen molar-refractivity contribution in [1.82, 2.24) is 20.0 Å². The Morgan fingerprint density at radius 1 is 1.29 bits per heavy atom. The summed E-state index contributed by atoms with van der Waals surface area (Å²) in [5.41, 5.74) is 1.83. The van der Waals surface area contributed by atoms with Crippen LogP contribution < -0.4 is 10.6 Å². The molecular weight excluding hydrogens is 350 g/mol. The smallest absolute Gasteiger partial charge is 0.319 e. The molecule has 0 spiro atoms. The van der Waals surface area contributed by atoms with Crippen LogP contribution in [0.4, 0.5) is 10.5 Å². The van der Waals surface area contributed by atoms with Crippen molar-refractivity contribution in [2.24, 2.45) is 5.92 Å². The Morgan fingerprint density at radius 2 is 2.07 bits per heavy atom. The van der Waals surface area contributed by atoms with Gasteiger partial charge in [-0.05, 0) is 44.7 Å². The van der Waals surface area contributed by atoms with E-state index in [0.29, 0.717) is 18.8 Å². The first-order valence-corrected chi connectivity index (χ1v) is 10.3. The van der Waals surface area contributed by atoms with Crippen molar-refractivity contribution in [2.45, 2.75) is 52.1 Å². The molecule has 1 aliphatic rings. The normalized spacial score (nSPS) is 18.0. The Kier molecular flexibility index (Phi) is 6.73. The first-order chi connectivity index (χ1) is 13.5. The molecule has 0 saturated carbocycles. The van der Waals surface area contributed by atoms with Crippen molar-refractivity contribution in [1.29, 1.82) is 0 Å². The molecule has 2 aromatic rings. The van der Waals surface area contributed by atoms with Crippen LogP contribution in [0.25, 0.3) is 0 Å². The maximum Gasteiger partial charge on any atom is 0.319 e. The second kappa shape index (κ2) is 9.24. The Balaban J connectivity index is 1.47. The second-order valence-corrected chi connectivity index (χ2v) is 8.39. The average molecular weight is 384 g/mol. The Hall–Kier alpha value is -2.34. The zero-order valence-electron chi connectivity index (χ0n) is 17.3. The highest BCUT2D eigenvalue weighted by molar-refractivity contribution is 5.88. The maximum absolute atomic E-state index is 12.4. The van der Waals surface area contributed by atoms with E-state index in [9.17, 15) is 4.79 Å². The first kappa shape index (κ1) is 20.4. The third-order valence-electron chi connectivity index (χ3n) is 5.71. The summed E-state index contributed by atoms with van der Waals surface area (Å²) >= 11 is 0. The standard InChI is InChI=1S/C22H33N5O/c1-4-18-11-8-12-26(14-18)22(2,3)17-23-21(28)25-20-13-24-27(16-20)15-19-9-6-5-7-10-19/h5-7,9-10,13,16,18H,4,8,11-12,14-15,17H2,1-3H3,(H2,23,25,28)/t18-/m0/s1. The van der Waals surface area contributed by atoms with Gasteiger partial charge in [-0.15, -0.1) is 0 Å². The van der Waals surface area contributed by atoms with Crippen LogP contribution in [0, 0.1) is 5.92 Å². The minimum Gasteiger partial charge on any atom is -0.336 e. The van der Waals surface area contributed by atoms with E-state index in [2.05, 4.69) is 53.5 Å².